The summed E-state index contributed by atoms with van der Waals surface area (Å²) in [5.74, 6) is 1.79. The Bertz CT molecular complexity index is 435. The van der Waals surface area contributed by atoms with Crippen molar-refractivity contribution < 1.29 is 4.74 Å². The molecule has 3 nitrogen and oxygen atoms in total. The zero-order chi connectivity index (χ0) is 14.6. The van der Waals surface area contributed by atoms with Gasteiger partial charge in [-0.05, 0) is 50.2 Å². The number of methoxy groups -OCH3 is 1. The summed E-state index contributed by atoms with van der Waals surface area (Å²) >= 11 is 0. The molecule has 3 N–H and O–H groups in total. The molecule has 1 aromatic rings. The van der Waals surface area contributed by atoms with E-state index >= 15 is 0 Å². The first-order valence-electron chi connectivity index (χ1n) is 7.66. The highest BCUT2D eigenvalue weighted by Gasteiger charge is 2.30. The second-order valence-corrected chi connectivity index (χ2v) is 6.51. The Morgan fingerprint density at radius 3 is 2.70 bits per heavy atom. The van der Waals surface area contributed by atoms with E-state index in [4.69, 9.17) is 10.5 Å². The minimum atomic E-state index is -0.0661. The maximum atomic E-state index is 6.06. The summed E-state index contributed by atoms with van der Waals surface area (Å²) < 4.78 is 5.45. The average Bonchev–Trinajstić information content (AvgIpc) is 2.84. The van der Waals surface area contributed by atoms with Gasteiger partial charge >= 0.3 is 0 Å². The smallest absolute Gasteiger partial charge is 0.122 e. The van der Waals surface area contributed by atoms with E-state index in [-0.39, 0.29) is 5.54 Å². The molecule has 20 heavy (non-hydrogen) atoms. The second-order valence-electron chi connectivity index (χ2n) is 6.51. The molecule has 1 saturated carbocycles. The number of benzene rings is 1. The Hall–Kier alpha value is -1.06. The highest BCUT2D eigenvalue weighted by atomic mass is 16.5. The lowest BCUT2D eigenvalue weighted by Gasteiger charge is -2.33. The number of hydrogen-bond acceptors (Lipinski definition) is 3. The van der Waals surface area contributed by atoms with Crippen molar-refractivity contribution >= 4 is 0 Å². The fourth-order valence-corrected chi connectivity index (χ4v) is 3.28. The van der Waals surface area contributed by atoms with Crippen molar-refractivity contribution in [3.8, 4) is 5.75 Å². The molecule has 2 rings (SSSR count). The number of nitrogens with two attached hydrogens (primary N) is 1. The minimum Gasteiger partial charge on any atom is -0.496 e. The summed E-state index contributed by atoms with van der Waals surface area (Å²) in [5.41, 5.74) is 7.21. The number of para-hydroxylation sites is 1. The third-order valence-corrected chi connectivity index (χ3v) is 4.47. The predicted octanol–water partition coefficient (Wildman–Crippen LogP) is 2.73. The molecule has 1 fully saturated rings. The van der Waals surface area contributed by atoms with Gasteiger partial charge in [0.2, 0.25) is 0 Å². The maximum absolute atomic E-state index is 6.06. The van der Waals surface area contributed by atoms with E-state index < -0.39 is 0 Å². The average molecular weight is 276 g/mol. The van der Waals surface area contributed by atoms with Gasteiger partial charge in [-0.1, -0.05) is 25.1 Å². The molecular weight excluding hydrogens is 248 g/mol. The van der Waals surface area contributed by atoms with Gasteiger partial charge in [0, 0.05) is 18.1 Å². The molecular formula is C17H28N2O. The van der Waals surface area contributed by atoms with E-state index in [1.54, 1.807) is 7.11 Å². The van der Waals surface area contributed by atoms with Crippen molar-refractivity contribution in [1.29, 1.82) is 0 Å². The van der Waals surface area contributed by atoms with Gasteiger partial charge in [-0.25, -0.2) is 0 Å². The van der Waals surface area contributed by atoms with Crippen molar-refractivity contribution in [2.45, 2.75) is 51.1 Å². The van der Waals surface area contributed by atoms with Crippen molar-refractivity contribution in [1.82, 2.24) is 5.32 Å². The normalized spacial score (nSPS) is 25.4. The maximum Gasteiger partial charge on any atom is 0.122 e. The first-order chi connectivity index (χ1) is 9.56. The molecule has 0 spiro atoms. The van der Waals surface area contributed by atoms with Gasteiger partial charge in [-0.15, -0.1) is 0 Å². The third-order valence-electron chi connectivity index (χ3n) is 4.47. The summed E-state index contributed by atoms with van der Waals surface area (Å²) in [6.45, 7) is 5.19. The standard InChI is InChI=1S/C17H28N2O/c1-13-8-9-15(10-13)19-17(2,12-18)11-14-6-4-5-7-16(14)20-3/h4-7,13,15,19H,8-12,18H2,1-3H3. The molecule has 1 aliphatic rings. The van der Waals surface area contributed by atoms with Crippen LogP contribution in [0.1, 0.15) is 38.7 Å². The van der Waals surface area contributed by atoms with Crippen LogP contribution < -0.4 is 15.8 Å². The van der Waals surface area contributed by atoms with Gasteiger partial charge in [0.25, 0.3) is 0 Å². The molecule has 0 aliphatic heterocycles. The highest BCUT2D eigenvalue weighted by Crippen LogP contribution is 2.28. The lowest BCUT2D eigenvalue weighted by atomic mass is 9.91. The van der Waals surface area contributed by atoms with Gasteiger partial charge in [-0.2, -0.15) is 0 Å². The van der Waals surface area contributed by atoms with Gasteiger partial charge in [0.05, 0.1) is 7.11 Å². The Morgan fingerprint density at radius 2 is 2.10 bits per heavy atom. The largest absolute Gasteiger partial charge is 0.496 e. The summed E-state index contributed by atoms with van der Waals surface area (Å²) in [6, 6.07) is 8.82. The molecule has 0 radical (unpaired) electrons. The molecule has 112 valence electrons. The van der Waals surface area contributed by atoms with E-state index in [9.17, 15) is 0 Å². The molecule has 0 heterocycles. The topological polar surface area (TPSA) is 47.3 Å². The first kappa shape index (κ1) is 15.3. The van der Waals surface area contributed by atoms with Crippen LogP contribution in [0, 0.1) is 5.92 Å². The highest BCUT2D eigenvalue weighted by molar-refractivity contribution is 5.34. The first-order valence-corrected chi connectivity index (χ1v) is 7.66. The van der Waals surface area contributed by atoms with E-state index in [0.29, 0.717) is 12.6 Å². The molecule has 3 heteroatoms. The molecule has 0 aromatic heterocycles. The number of hydrogen-bond donors (Lipinski definition) is 2. The quantitative estimate of drug-likeness (QED) is 0.840. The number of ether oxygens (including phenoxy) is 1. The Balaban J connectivity index is 2.06. The van der Waals surface area contributed by atoms with Crippen LogP contribution in [-0.2, 0) is 6.42 Å². The van der Waals surface area contributed by atoms with E-state index in [0.717, 1.165) is 18.1 Å². The Kier molecular flexibility index (Phi) is 5.06. The molecule has 1 aromatic carbocycles. The lowest BCUT2D eigenvalue weighted by molar-refractivity contribution is 0.305. The molecule has 1 aliphatic carbocycles. The third kappa shape index (κ3) is 3.74. The van der Waals surface area contributed by atoms with Crippen LogP contribution in [0.2, 0.25) is 0 Å². The predicted molar refractivity (Wildman–Crippen MR) is 84.1 cm³/mol. The Morgan fingerprint density at radius 1 is 1.35 bits per heavy atom. The lowest BCUT2D eigenvalue weighted by Crippen LogP contribution is -2.54. The zero-order valence-electron chi connectivity index (χ0n) is 13.0. The van der Waals surface area contributed by atoms with Crippen molar-refractivity contribution in [3.63, 3.8) is 0 Å². The van der Waals surface area contributed by atoms with Crippen LogP contribution in [0.25, 0.3) is 0 Å². The molecule has 0 saturated heterocycles. The van der Waals surface area contributed by atoms with Gasteiger partial charge in [0.1, 0.15) is 5.75 Å². The minimum absolute atomic E-state index is 0.0661. The molecule has 0 bridgehead atoms. The van der Waals surface area contributed by atoms with Gasteiger partial charge < -0.3 is 15.8 Å². The summed E-state index contributed by atoms with van der Waals surface area (Å²) in [7, 11) is 1.73. The zero-order valence-corrected chi connectivity index (χ0v) is 13.0. The van der Waals surface area contributed by atoms with E-state index in [1.165, 1.54) is 24.8 Å². The van der Waals surface area contributed by atoms with Crippen molar-refractivity contribution in [2.24, 2.45) is 11.7 Å². The monoisotopic (exact) mass is 276 g/mol. The fourth-order valence-electron chi connectivity index (χ4n) is 3.28. The molecule has 3 atom stereocenters. The van der Waals surface area contributed by atoms with E-state index in [1.807, 2.05) is 12.1 Å². The van der Waals surface area contributed by atoms with E-state index in [2.05, 4.69) is 31.3 Å². The second kappa shape index (κ2) is 6.59. The van der Waals surface area contributed by atoms with Crippen LogP contribution in [0.3, 0.4) is 0 Å². The van der Waals surface area contributed by atoms with Gasteiger partial charge in [0.15, 0.2) is 0 Å². The summed E-state index contributed by atoms with van der Waals surface area (Å²) in [4.78, 5) is 0. The van der Waals surface area contributed by atoms with Gasteiger partial charge in [-0.3, -0.25) is 0 Å². The Labute approximate surface area is 122 Å². The van der Waals surface area contributed by atoms with Crippen LogP contribution in [0.5, 0.6) is 5.75 Å². The van der Waals surface area contributed by atoms with Crippen molar-refractivity contribution in [2.75, 3.05) is 13.7 Å². The van der Waals surface area contributed by atoms with Crippen LogP contribution in [0.15, 0.2) is 24.3 Å². The summed E-state index contributed by atoms with van der Waals surface area (Å²) in [5, 5.41) is 3.79. The van der Waals surface area contributed by atoms with Crippen molar-refractivity contribution in [3.05, 3.63) is 29.8 Å². The van der Waals surface area contributed by atoms with Crippen LogP contribution in [0.4, 0.5) is 0 Å². The van der Waals surface area contributed by atoms with Crippen LogP contribution >= 0.6 is 0 Å². The SMILES string of the molecule is COc1ccccc1CC(C)(CN)NC1CCC(C)C1. The summed E-state index contributed by atoms with van der Waals surface area (Å²) in [6.07, 6.45) is 4.76. The number of nitrogens with one attached hydrogen (secondary N) is 1. The molecule has 3 unspecified atom stereocenters. The number of rotatable bonds is 6. The molecule has 0 amide bonds. The van der Waals surface area contributed by atoms with Crippen LogP contribution in [-0.4, -0.2) is 25.2 Å². The fraction of sp³-hybridized carbons (Fsp3) is 0.647.